The minimum atomic E-state index is 0.240. The molecule has 19 heavy (non-hydrogen) atoms. The topological polar surface area (TPSA) is 63.8 Å². The number of thiophene rings is 1. The summed E-state index contributed by atoms with van der Waals surface area (Å²) in [6.45, 7) is 4.38. The Morgan fingerprint density at radius 1 is 1.37 bits per heavy atom. The maximum atomic E-state index is 5.80. The summed E-state index contributed by atoms with van der Waals surface area (Å²) < 4.78 is 0. The van der Waals surface area contributed by atoms with Gasteiger partial charge in [0, 0.05) is 10.9 Å². The molecule has 0 saturated carbocycles. The molecule has 4 nitrogen and oxygen atoms in total. The quantitative estimate of drug-likeness (QED) is 0.651. The lowest BCUT2D eigenvalue weighted by atomic mass is 10.0. The Hall–Kier alpha value is -1.27. The van der Waals surface area contributed by atoms with Crippen molar-refractivity contribution < 1.29 is 0 Å². The van der Waals surface area contributed by atoms with E-state index in [1.54, 1.807) is 17.4 Å². The van der Waals surface area contributed by atoms with Crippen LogP contribution in [0.5, 0.6) is 0 Å². The predicted molar refractivity (Wildman–Crippen MR) is 83.7 cm³/mol. The molecule has 0 aromatic carbocycles. The van der Waals surface area contributed by atoms with E-state index in [9.17, 15) is 0 Å². The van der Waals surface area contributed by atoms with E-state index in [-0.39, 0.29) is 6.04 Å². The van der Waals surface area contributed by atoms with Gasteiger partial charge in [-0.15, -0.1) is 11.3 Å². The molecule has 0 bridgehead atoms. The van der Waals surface area contributed by atoms with Crippen molar-refractivity contribution in [2.45, 2.75) is 25.0 Å². The summed E-state index contributed by atoms with van der Waals surface area (Å²) in [4.78, 5) is 9.91. The Kier molecular flexibility index (Phi) is 4.66. The predicted octanol–water partition coefficient (Wildman–Crippen LogP) is 3.65. The Labute approximate surface area is 121 Å². The number of aromatic nitrogens is 2. The molecule has 1 atom stereocenters. The average molecular weight is 294 g/mol. The minimum Gasteiger partial charge on any atom is -0.383 e. The van der Waals surface area contributed by atoms with Crippen molar-refractivity contribution in [1.82, 2.24) is 9.97 Å². The molecule has 2 aromatic rings. The second-order valence-corrected chi connectivity index (χ2v) is 6.30. The van der Waals surface area contributed by atoms with Crippen molar-refractivity contribution in [3.05, 3.63) is 28.5 Å². The maximum absolute atomic E-state index is 5.80. The van der Waals surface area contributed by atoms with E-state index in [1.165, 1.54) is 16.6 Å². The fourth-order valence-electron chi connectivity index (χ4n) is 1.80. The molecule has 2 aromatic heterocycles. The number of hydrogen-bond donors (Lipinski definition) is 2. The van der Waals surface area contributed by atoms with Gasteiger partial charge in [-0.3, -0.25) is 0 Å². The molecule has 0 spiro atoms. The van der Waals surface area contributed by atoms with E-state index < -0.39 is 0 Å². The minimum absolute atomic E-state index is 0.240. The molecule has 0 aliphatic heterocycles. The molecule has 0 radical (unpaired) electrons. The van der Waals surface area contributed by atoms with Crippen molar-refractivity contribution in [2.24, 2.45) is 5.92 Å². The SMILES string of the molecule is CSc1nc(N)cc(NC(c2cccs2)C(C)C)n1. The lowest BCUT2D eigenvalue weighted by Crippen LogP contribution is -2.17. The largest absolute Gasteiger partial charge is 0.383 e. The van der Waals surface area contributed by atoms with Crippen LogP contribution in [0.3, 0.4) is 0 Å². The highest BCUT2D eigenvalue weighted by Crippen LogP contribution is 2.29. The van der Waals surface area contributed by atoms with Crippen LogP contribution >= 0.6 is 23.1 Å². The van der Waals surface area contributed by atoms with Gasteiger partial charge in [-0.05, 0) is 23.6 Å². The van der Waals surface area contributed by atoms with Crippen LogP contribution in [-0.2, 0) is 0 Å². The van der Waals surface area contributed by atoms with Crippen LogP contribution in [0.15, 0.2) is 28.7 Å². The molecule has 0 saturated heterocycles. The Morgan fingerprint density at radius 3 is 2.74 bits per heavy atom. The highest BCUT2D eigenvalue weighted by molar-refractivity contribution is 7.98. The first kappa shape index (κ1) is 14.1. The van der Waals surface area contributed by atoms with Gasteiger partial charge in [-0.2, -0.15) is 0 Å². The number of nitrogens with two attached hydrogens (primary N) is 1. The Bertz CT molecular complexity index is 525. The molecule has 0 amide bonds. The second kappa shape index (κ2) is 6.25. The zero-order valence-corrected chi connectivity index (χ0v) is 12.9. The van der Waals surface area contributed by atoms with Crippen LogP contribution in [-0.4, -0.2) is 16.2 Å². The van der Waals surface area contributed by atoms with Crippen molar-refractivity contribution in [3.8, 4) is 0 Å². The van der Waals surface area contributed by atoms with Crippen LogP contribution in [0.4, 0.5) is 11.6 Å². The Balaban J connectivity index is 2.24. The third-order valence-electron chi connectivity index (χ3n) is 2.73. The number of nitrogens with zero attached hydrogens (tertiary/aromatic N) is 2. The molecule has 3 N–H and O–H groups in total. The molecule has 2 rings (SSSR count). The average Bonchev–Trinajstić information content (AvgIpc) is 2.88. The highest BCUT2D eigenvalue weighted by Gasteiger charge is 2.17. The third kappa shape index (κ3) is 3.61. The van der Waals surface area contributed by atoms with E-state index >= 15 is 0 Å². The van der Waals surface area contributed by atoms with Gasteiger partial charge < -0.3 is 11.1 Å². The monoisotopic (exact) mass is 294 g/mol. The molecule has 0 fully saturated rings. The summed E-state index contributed by atoms with van der Waals surface area (Å²) in [6.07, 6.45) is 1.94. The second-order valence-electron chi connectivity index (χ2n) is 4.55. The van der Waals surface area contributed by atoms with Crippen LogP contribution in [0.1, 0.15) is 24.8 Å². The van der Waals surface area contributed by atoms with Gasteiger partial charge in [-0.25, -0.2) is 9.97 Å². The van der Waals surface area contributed by atoms with Gasteiger partial charge in [0.1, 0.15) is 11.6 Å². The number of thioether (sulfide) groups is 1. The van der Waals surface area contributed by atoms with E-state index in [2.05, 4.69) is 46.6 Å². The van der Waals surface area contributed by atoms with Gasteiger partial charge in [0.25, 0.3) is 0 Å². The van der Waals surface area contributed by atoms with Crippen molar-refractivity contribution in [2.75, 3.05) is 17.3 Å². The molecule has 2 heterocycles. The van der Waals surface area contributed by atoms with Gasteiger partial charge in [-0.1, -0.05) is 31.7 Å². The van der Waals surface area contributed by atoms with Gasteiger partial charge in [0.05, 0.1) is 6.04 Å². The maximum Gasteiger partial charge on any atom is 0.191 e. The van der Waals surface area contributed by atoms with Gasteiger partial charge in [0.2, 0.25) is 0 Å². The molecule has 6 heteroatoms. The fourth-order valence-corrected chi connectivity index (χ4v) is 3.14. The summed E-state index contributed by atoms with van der Waals surface area (Å²) in [7, 11) is 0. The molecule has 1 unspecified atom stereocenters. The number of nitrogen functional groups attached to an aromatic ring is 1. The lowest BCUT2D eigenvalue weighted by Gasteiger charge is -2.22. The van der Waals surface area contributed by atoms with Gasteiger partial charge in [0.15, 0.2) is 5.16 Å². The number of nitrogens with one attached hydrogen (secondary N) is 1. The number of hydrogen-bond acceptors (Lipinski definition) is 6. The smallest absolute Gasteiger partial charge is 0.191 e. The molecule has 0 aliphatic rings. The van der Waals surface area contributed by atoms with Crippen LogP contribution in [0.25, 0.3) is 0 Å². The van der Waals surface area contributed by atoms with E-state index in [0.717, 1.165) is 5.82 Å². The van der Waals surface area contributed by atoms with Crippen LogP contribution < -0.4 is 11.1 Å². The van der Waals surface area contributed by atoms with Gasteiger partial charge >= 0.3 is 0 Å². The zero-order chi connectivity index (χ0) is 13.8. The standard InChI is InChI=1S/C13H18N4S2/c1-8(2)12(9-5-4-6-19-9)16-11-7-10(14)15-13(17-11)18-3/h4-8,12H,1-3H3,(H3,14,15,16,17). The van der Waals surface area contributed by atoms with Crippen LogP contribution in [0, 0.1) is 5.92 Å². The first-order valence-electron chi connectivity index (χ1n) is 6.08. The molecular formula is C13H18N4S2. The van der Waals surface area contributed by atoms with E-state index in [4.69, 9.17) is 5.73 Å². The molecule has 102 valence electrons. The number of anilines is 2. The fraction of sp³-hybridized carbons (Fsp3) is 0.385. The Morgan fingerprint density at radius 2 is 2.16 bits per heavy atom. The van der Waals surface area contributed by atoms with Crippen molar-refractivity contribution >= 4 is 34.7 Å². The normalized spacial score (nSPS) is 12.6. The molecular weight excluding hydrogens is 276 g/mol. The third-order valence-corrected chi connectivity index (χ3v) is 4.23. The molecule has 0 aliphatic carbocycles. The summed E-state index contributed by atoms with van der Waals surface area (Å²) in [6, 6.07) is 6.23. The zero-order valence-electron chi connectivity index (χ0n) is 11.3. The first-order valence-corrected chi connectivity index (χ1v) is 8.19. The van der Waals surface area contributed by atoms with E-state index in [0.29, 0.717) is 16.9 Å². The van der Waals surface area contributed by atoms with Crippen LogP contribution in [0.2, 0.25) is 0 Å². The van der Waals surface area contributed by atoms with Crippen molar-refractivity contribution in [1.29, 1.82) is 0 Å². The van der Waals surface area contributed by atoms with E-state index in [1.807, 2.05) is 6.26 Å². The summed E-state index contributed by atoms with van der Waals surface area (Å²) in [5, 5.41) is 6.24. The lowest BCUT2D eigenvalue weighted by molar-refractivity contribution is 0.551. The summed E-state index contributed by atoms with van der Waals surface area (Å²) in [5.41, 5.74) is 5.80. The summed E-state index contributed by atoms with van der Waals surface area (Å²) >= 11 is 3.24. The highest BCUT2D eigenvalue weighted by atomic mass is 32.2. The number of rotatable bonds is 5. The first-order chi connectivity index (χ1) is 9.10. The summed E-state index contributed by atoms with van der Waals surface area (Å²) in [5.74, 6) is 1.74. The van der Waals surface area contributed by atoms with Crippen molar-refractivity contribution in [3.63, 3.8) is 0 Å².